The third-order valence-electron chi connectivity index (χ3n) is 5.29. The average Bonchev–Trinajstić information content (AvgIpc) is 3.01. The van der Waals surface area contributed by atoms with E-state index < -0.39 is 0 Å². The smallest absolute Gasteiger partial charge is 0.0492 e. The third-order valence-corrected chi connectivity index (χ3v) is 5.29. The normalized spacial score (nSPS) is 30.9. The fourth-order valence-corrected chi connectivity index (χ4v) is 4.29. The van der Waals surface area contributed by atoms with Crippen molar-refractivity contribution >= 4 is 0 Å². The minimum atomic E-state index is 0.730. The molecule has 0 radical (unpaired) electrons. The van der Waals surface area contributed by atoms with Crippen molar-refractivity contribution in [2.45, 2.75) is 51.5 Å². The molecule has 3 atom stereocenters. The zero-order valence-electron chi connectivity index (χ0n) is 12.3. The van der Waals surface area contributed by atoms with Gasteiger partial charge >= 0.3 is 0 Å². The summed E-state index contributed by atoms with van der Waals surface area (Å²) in [5.74, 6) is 3.06. The maximum Gasteiger partial charge on any atom is 0.0492 e. The van der Waals surface area contributed by atoms with E-state index in [2.05, 4.69) is 30.5 Å². The first-order valence-electron chi connectivity index (χ1n) is 8.01. The van der Waals surface area contributed by atoms with Crippen LogP contribution in [0, 0.1) is 17.8 Å². The van der Waals surface area contributed by atoms with Crippen LogP contribution in [0.1, 0.15) is 44.7 Å². The van der Waals surface area contributed by atoms with Crippen molar-refractivity contribution in [3.63, 3.8) is 0 Å². The van der Waals surface area contributed by atoms with Gasteiger partial charge in [-0.25, -0.2) is 0 Å². The Morgan fingerprint density at radius 1 is 1.37 bits per heavy atom. The highest BCUT2D eigenvalue weighted by molar-refractivity contribution is 5.06. The van der Waals surface area contributed by atoms with Gasteiger partial charge in [-0.1, -0.05) is 19.8 Å². The molecule has 1 N–H and O–H groups in total. The molecule has 19 heavy (non-hydrogen) atoms. The van der Waals surface area contributed by atoms with Crippen LogP contribution < -0.4 is 5.32 Å². The van der Waals surface area contributed by atoms with Crippen molar-refractivity contribution < 1.29 is 0 Å². The van der Waals surface area contributed by atoms with E-state index in [1.54, 1.807) is 0 Å². The molecular formula is C16H27N3. The number of hydrogen-bond donors (Lipinski definition) is 1. The van der Waals surface area contributed by atoms with Crippen molar-refractivity contribution in [3.05, 3.63) is 18.0 Å². The van der Waals surface area contributed by atoms with Crippen molar-refractivity contribution in [1.82, 2.24) is 15.1 Å². The fraction of sp³-hybridized carbons (Fsp3) is 0.812. The molecule has 2 aliphatic carbocycles. The van der Waals surface area contributed by atoms with E-state index in [1.807, 2.05) is 10.9 Å². The second-order valence-electron chi connectivity index (χ2n) is 6.34. The van der Waals surface area contributed by atoms with Gasteiger partial charge in [0.05, 0.1) is 0 Å². The second-order valence-corrected chi connectivity index (χ2v) is 6.34. The van der Waals surface area contributed by atoms with Crippen LogP contribution >= 0.6 is 0 Å². The van der Waals surface area contributed by atoms with Crippen molar-refractivity contribution in [2.75, 3.05) is 6.54 Å². The molecule has 3 rings (SSSR count). The monoisotopic (exact) mass is 261 g/mol. The molecular weight excluding hydrogens is 234 g/mol. The predicted octanol–water partition coefficient (Wildman–Crippen LogP) is 2.77. The summed E-state index contributed by atoms with van der Waals surface area (Å²) < 4.78 is 2.02. The van der Waals surface area contributed by atoms with Crippen LogP contribution in [-0.4, -0.2) is 22.4 Å². The molecule has 0 saturated heterocycles. The maximum absolute atomic E-state index is 4.27. The van der Waals surface area contributed by atoms with E-state index >= 15 is 0 Å². The minimum absolute atomic E-state index is 0.730. The van der Waals surface area contributed by atoms with Crippen molar-refractivity contribution in [3.8, 4) is 0 Å². The summed E-state index contributed by atoms with van der Waals surface area (Å²) in [6.45, 7) is 3.34. The molecule has 0 amide bonds. The molecule has 1 aromatic rings. The summed E-state index contributed by atoms with van der Waals surface area (Å²) in [6, 6.07) is 2.89. The first-order chi connectivity index (χ1) is 9.31. The summed E-state index contributed by atoms with van der Waals surface area (Å²) >= 11 is 0. The van der Waals surface area contributed by atoms with Gasteiger partial charge in [-0.15, -0.1) is 0 Å². The number of fused-ring (bicyclic) bond motifs is 1. The quantitative estimate of drug-likeness (QED) is 0.853. The molecule has 1 heterocycles. The molecule has 2 saturated carbocycles. The summed E-state index contributed by atoms with van der Waals surface area (Å²) in [5.41, 5.74) is 1.37. The standard InChI is InChI=1S/C16H27N3/c1-3-17-15(9-8-12-10-11-18-19(12)2)16-13-6-4-5-7-14(13)16/h10-11,13-17H,3-9H2,1-2H3. The van der Waals surface area contributed by atoms with Crippen LogP contribution in [0.4, 0.5) is 0 Å². The lowest BCUT2D eigenvalue weighted by Gasteiger charge is -2.18. The number of nitrogens with one attached hydrogen (secondary N) is 1. The Morgan fingerprint density at radius 2 is 2.11 bits per heavy atom. The number of rotatable bonds is 6. The Bertz CT molecular complexity index is 400. The van der Waals surface area contributed by atoms with E-state index in [0.717, 1.165) is 36.8 Å². The largest absolute Gasteiger partial charge is 0.314 e. The highest BCUT2D eigenvalue weighted by Crippen LogP contribution is 2.57. The molecule has 0 spiro atoms. The van der Waals surface area contributed by atoms with E-state index in [0.29, 0.717) is 0 Å². The first-order valence-corrected chi connectivity index (χ1v) is 8.01. The summed E-state index contributed by atoms with van der Waals surface area (Å²) in [4.78, 5) is 0. The summed E-state index contributed by atoms with van der Waals surface area (Å²) in [7, 11) is 2.05. The molecule has 3 unspecified atom stereocenters. The predicted molar refractivity (Wildman–Crippen MR) is 77.9 cm³/mol. The Kier molecular flexibility index (Phi) is 3.92. The second kappa shape index (κ2) is 5.66. The van der Waals surface area contributed by atoms with E-state index in [9.17, 15) is 0 Å². The maximum atomic E-state index is 4.27. The van der Waals surface area contributed by atoms with Gasteiger partial charge in [0.2, 0.25) is 0 Å². The van der Waals surface area contributed by atoms with Crippen LogP contribution in [0.15, 0.2) is 12.3 Å². The van der Waals surface area contributed by atoms with Crippen LogP contribution in [0.25, 0.3) is 0 Å². The Morgan fingerprint density at radius 3 is 2.68 bits per heavy atom. The fourth-order valence-electron chi connectivity index (χ4n) is 4.29. The average molecular weight is 261 g/mol. The van der Waals surface area contributed by atoms with Gasteiger partial charge in [0.15, 0.2) is 0 Å². The minimum Gasteiger partial charge on any atom is -0.314 e. The van der Waals surface area contributed by atoms with Gasteiger partial charge in [-0.3, -0.25) is 4.68 Å². The Labute approximate surface area is 116 Å². The lowest BCUT2D eigenvalue weighted by Crippen LogP contribution is -2.32. The SMILES string of the molecule is CCNC(CCc1ccnn1C)C1C2CCCCC21. The molecule has 3 heteroatoms. The summed E-state index contributed by atoms with van der Waals surface area (Å²) in [6.07, 6.45) is 10.3. The third kappa shape index (κ3) is 2.71. The lowest BCUT2D eigenvalue weighted by atomic mass is 10.0. The van der Waals surface area contributed by atoms with Gasteiger partial charge in [-0.2, -0.15) is 5.10 Å². The molecule has 2 aliphatic rings. The van der Waals surface area contributed by atoms with E-state index in [1.165, 1.54) is 37.8 Å². The number of aryl methyl sites for hydroxylation is 2. The zero-order valence-corrected chi connectivity index (χ0v) is 12.3. The van der Waals surface area contributed by atoms with Crippen LogP contribution in [0.5, 0.6) is 0 Å². The molecule has 0 bridgehead atoms. The molecule has 0 aliphatic heterocycles. The van der Waals surface area contributed by atoms with Crippen LogP contribution in [0.2, 0.25) is 0 Å². The topological polar surface area (TPSA) is 29.9 Å². The van der Waals surface area contributed by atoms with Gasteiger partial charge in [0.25, 0.3) is 0 Å². The van der Waals surface area contributed by atoms with Gasteiger partial charge < -0.3 is 5.32 Å². The van der Waals surface area contributed by atoms with Gasteiger partial charge in [-0.05, 0) is 56.0 Å². The zero-order chi connectivity index (χ0) is 13.2. The van der Waals surface area contributed by atoms with Crippen molar-refractivity contribution in [1.29, 1.82) is 0 Å². The lowest BCUT2D eigenvalue weighted by molar-refractivity contribution is 0.411. The van der Waals surface area contributed by atoms with E-state index in [-0.39, 0.29) is 0 Å². The molecule has 3 nitrogen and oxygen atoms in total. The molecule has 0 aromatic carbocycles. The number of hydrogen-bond acceptors (Lipinski definition) is 2. The molecule has 2 fully saturated rings. The first kappa shape index (κ1) is 13.2. The van der Waals surface area contributed by atoms with Gasteiger partial charge in [0.1, 0.15) is 0 Å². The van der Waals surface area contributed by atoms with Crippen LogP contribution in [0.3, 0.4) is 0 Å². The Hall–Kier alpha value is -0.830. The number of nitrogens with zero attached hydrogens (tertiary/aromatic N) is 2. The van der Waals surface area contributed by atoms with E-state index in [4.69, 9.17) is 0 Å². The number of aromatic nitrogens is 2. The summed E-state index contributed by atoms with van der Waals surface area (Å²) in [5, 5.41) is 8.02. The van der Waals surface area contributed by atoms with Crippen LogP contribution in [-0.2, 0) is 13.5 Å². The molecule has 106 valence electrons. The highest BCUT2D eigenvalue weighted by atomic mass is 15.2. The Balaban J connectivity index is 1.57. The molecule has 1 aromatic heterocycles. The van der Waals surface area contributed by atoms with Gasteiger partial charge in [0, 0.05) is 25.0 Å². The highest BCUT2D eigenvalue weighted by Gasteiger charge is 2.53. The van der Waals surface area contributed by atoms with Crippen molar-refractivity contribution in [2.24, 2.45) is 24.8 Å².